The predicted molar refractivity (Wildman–Crippen MR) is 71.9 cm³/mol. The monoisotopic (exact) mass is 258 g/mol. The van der Waals surface area contributed by atoms with Crippen LogP contribution in [0.3, 0.4) is 0 Å². The molecule has 0 saturated carbocycles. The molecule has 0 unspecified atom stereocenters. The van der Waals surface area contributed by atoms with Gasteiger partial charge in [0.1, 0.15) is 17.1 Å². The summed E-state index contributed by atoms with van der Waals surface area (Å²) in [7, 11) is 2.96. The van der Waals surface area contributed by atoms with Gasteiger partial charge in [0.05, 0.1) is 14.2 Å². The van der Waals surface area contributed by atoms with Gasteiger partial charge in [0.15, 0.2) is 0 Å². The minimum Gasteiger partial charge on any atom is -0.497 e. The summed E-state index contributed by atoms with van der Waals surface area (Å²) in [6.45, 7) is 0. The maximum atomic E-state index is 11.3. The van der Waals surface area contributed by atoms with Crippen molar-refractivity contribution in [3.63, 3.8) is 0 Å². The van der Waals surface area contributed by atoms with Crippen LogP contribution in [0.5, 0.6) is 11.5 Å². The molecule has 0 heterocycles. The van der Waals surface area contributed by atoms with Gasteiger partial charge in [-0.05, 0) is 17.7 Å². The van der Waals surface area contributed by atoms with Crippen molar-refractivity contribution in [1.29, 1.82) is 0 Å². The van der Waals surface area contributed by atoms with Gasteiger partial charge in [0, 0.05) is 5.56 Å². The van der Waals surface area contributed by atoms with Crippen molar-refractivity contribution in [1.82, 2.24) is 0 Å². The third-order valence-electron chi connectivity index (χ3n) is 2.82. The van der Waals surface area contributed by atoms with Crippen LogP contribution in [-0.2, 0) is 0 Å². The van der Waals surface area contributed by atoms with Crippen LogP contribution in [0.2, 0.25) is 0 Å². The number of aromatic carboxylic acids is 1. The van der Waals surface area contributed by atoms with Crippen LogP contribution in [0, 0.1) is 0 Å². The van der Waals surface area contributed by atoms with Gasteiger partial charge in [-0.3, -0.25) is 0 Å². The summed E-state index contributed by atoms with van der Waals surface area (Å²) in [5, 5.41) is 9.25. The predicted octanol–water partition coefficient (Wildman–Crippen LogP) is 3.07. The summed E-state index contributed by atoms with van der Waals surface area (Å²) in [4.78, 5) is 11.3. The number of hydrogen-bond donors (Lipinski definition) is 1. The van der Waals surface area contributed by atoms with Gasteiger partial charge in [-0.2, -0.15) is 0 Å². The number of carboxylic acids is 1. The SMILES string of the molecule is COc1cc(C(=O)O)c(OC)c(-c2ccccc2)c1. The number of carboxylic acid groups (broad SMARTS) is 1. The molecule has 19 heavy (non-hydrogen) atoms. The van der Waals surface area contributed by atoms with Crippen LogP contribution in [-0.4, -0.2) is 25.3 Å². The van der Waals surface area contributed by atoms with Crippen LogP contribution < -0.4 is 9.47 Å². The van der Waals surface area contributed by atoms with Gasteiger partial charge in [0.25, 0.3) is 0 Å². The number of methoxy groups -OCH3 is 2. The first-order valence-corrected chi connectivity index (χ1v) is 5.72. The molecule has 0 saturated heterocycles. The van der Waals surface area contributed by atoms with Crippen molar-refractivity contribution in [2.45, 2.75) is 0 Å². The summed E-state index contributed by atoms with van der Waals surface area (Å²) in [6, 6.07) is 12.7. The van der Waals surface area contributed by atoms with E-state index in [9.17, 15) is 9.90 Å². The molecule has 1 N–H and O–H groups in total. The number of hydrogen-bond acceptors (Lipinski definition) is 3. The number of ether oxygens (including phenoxy) is 2. The molecule has 2 aromatic carbocycles. The molecule has 2 aromatic rings. The Hall–Kier alpha value is -2.49. The lowest BCUT2D eigenvalue weighted by Crippen LogP contribution is -2.03. The molecule has 0 amide bonds. The highest BCUT2D eigenvalue weighted by Crippen LogP contribution is 2.36. The smallest absolute Gasteiger partial charge is 0.339 e. The Morgan fingerprint density at radius 3 is 2.26 bits per heavy atom. The highest BCUT2D eigenvalue weighted by atomic mass is 16.5. The van der Waals surface area contributed by atoms with E-state index >= 15 is 0 Å². The molecule has 2 rings (SSSR count). The van der Waals surface area contributed by atoms with E-state index in [1.807, 2.05) is 30.3 Å². The zero-order valence-corrected chi connectivity index (χ0v) is 10.7. The first-order chi connectivity index (χ1) is 9.17. The highest BCUT2D eigenvalue weighted by molar-refractivity contribution is 5.95. The Labute approximate surface area is 111 Å². The number of carbonyl (C=O) groups is 1. The standard InChI is InChI=1S/C15H14O4/c1-18-11-8-12(10-6-4-3-5-7-10)14(19-2)13(9-11)15(16)17/h3-9H,1-2H3,(H,16,17). The zero-order valence-electron chi connectivity index (χ0n) is 10.7. The minimum atomic E-state index is -1.05. The second-order valence-corrected chi connectivity index (χ2v) is 3.93. The van der Waals surface area contributed by atoms with Crippen molar-refractivity contribution in [2.24, 2.45) is 0 Å². The molecule has 0 radical (unpaired) electrons. The quantitative estimate of drug-likeness (QED) is 0.915. The van der Waals surface area contributed by atoms with Gasteiger partial charge in [0.2, 0.25) is 0 Å². The average Bonchev–Trinajstić information content (AvgIpc) is 2.46. The van der Waals surface area contributed by atoms with E-state index in [2.05, 4.69) is 0 Å². The maximum Gasteiger partial charge on any atom is 0.339 e. The first-order valence-electron chi connectivity index (χ1n) is 5.72. The fourth-order valence-corrected chi connectivity index (χ4v) is 1.93. The third-order valence-corrected chi connectivity index (χ3v) is 2.82. The van der Waals surface area contributed by atoms with Crippen molar-refractivity contribution in [2.75, 3.05) is 14.2 Å². The molecule has 0 fully saturated rings. The molecular formula is C15H14O4. The van der Waals surface area contributed by atoms with Gasteiger partial charge >= 0.3 is 5.97 Å². The Kier molecular flexibility index (Phi) is 3.71. The largest absolute Gasteiger partial charge is 0.497 e. The minimum absolute atomic E-state index is 0.0840. The summed E-state index contributed by atoms with van der Waals surface area (Å²) < 4.78 is 10.4. The molecule has 0 atom stereocenters. The van der Waals surface area contributed by atoms with Gasteiger partial charge in [-0.15, -0.1) is 0 Å². The Morgan fingerprint density at radius 1 is 1.05 bits per heavy atom. The van der Waals surface area contributed by atoms with Gasteiger partial charge in [-0.1, -0.05) is 30.3 Å². The lowest BCUT2D eigenvalue weighted by Gasteiger charge is -2.13. The van der Waals surface area contributed by atoms with Crippen LogP contribution in [0.25, 0.3) is 11.1 Å². The van der Waals surface area contributed by atoms with Crippen LogP contribution >= 0.6 is 0 Å². The third kappa shape index (κ3) is 2.52. The molecule has 0 bridgehead atoms. The maximum absolute atomic E-state index is 11.3. The highest BCUT2D eigenvalue weighted by Gasteiger charge is 2.18. The molecule has 4 heteroatoms. The molecule has 0 aliphatic carbocycles. The molecule has 0 aliphatic heterocycles. The normalized spacial score (nSPS) is 10.0. The molecule has 0 spiro atoms. The summed E-state index contributed by atoms with van der Waals surface area (Å²) in [5.74, 6) is -0.232. The molecular weight excluding hydrogens is 244 g/mol. The molecule has 4 nitrogen and oxygen atoms in total. The van der Waals surface area contributed by atoms with E-state index in [1.54, 1.807) is 6.07 Å². The zero-order chi connectivity index (χ0) is 13.8. The van der Waals surface area contributed by atoms with Crippen molar-refractivity contribution in [3.05, 3.63) is 48.0 Å². The molecule has 0 aromatic heterocycles. The summed E-state index contributed by atoms with van der Waals surface area (Å²) in [5.41, 5.74) is 1.65. The van der Waals surface area contributed by atoms with Gasteiger partial charge in [-0.25, -0.2) is 4.79 Å². The van der Waals surface area contributed by atoms with E-state index in [0.29, 0.717) is 17.1 Å². The molecule has 0 aliphatic rings. The summed E-state index contributed by atoms with van der Waals surface area (Å²) >= 11 is 0. The number of rotatable bonds is 4. The van der Waals surface area contributed by atoms with Gasteiger partial charge < -0.3 is 14.6 Å². The second-order valence-electron chi connectivity index (χ2n) is 3.93. The van der Waals surface area contributed by atoms with Crippen LogP contribution in [0.1, 0.15) is 10.4 Å². The second kappa shape index (κ2) is 5.44. The van der Waals surface area contributed by atoms with E-state index in [-0.39, 0.29) is 5.56 Å². The van der Waals surface area contributed by atoms with Crippen LogP contribution in [0.4, 0.5) is 0 Å². The van der Waals surface area contributed by atoms with E-state index in [0.717, 1.165) is 5.56 Å². The average molecular weight is 258 g/mol. The topological polar surface area (TPSA) is 55.8 Å². The van der Waals surface area contributed by atoms with Crippen LogP contribution in [0.15, 0.2) is 42.5 Å². The summed E-state index contributed by atoms with van der Waals surface area (Å²) in [6.07, 6.45) is 0. The fourth-order valence-electron chi connectivity index (χ4n) is 1.93. The Bertz CT molecular complexity index is 591. The molecule has 98 valence electrons. The first kappa shape index (κ1) is 13.0. The number of benzene rings is 2. The van der Waals surface area contributed by atoms with E-state index in [4.69, 9.17) is 9.47 Å². The fraction of sp³-hybridized carbons (Fsp3) is 0.133. The van der Waals surface area contributed by atoms with Crippen molar-refractivity contribution < 1.29 is 19.4 Å². The van der Waals surface area contributed by atoms with E-state index in [1.165, 1.54) is 20.3 Å². The lowest BCUT2D eigenvalue weighted by atomic mass is 10.0. The Morgan fingerprint density at radius 2 is 1.74 bits per heavy atom. The van der Waals surface area contributed by atoms with Crippen molar-refractivity contribution >= 4 is 5.97 Å². The van der Waals surface area contributed by atoms with E-state index < -0.39 is 5.97 Å². The lowest BCUT2D eigenvalue weighted by molar-refractivity contribution is 0.0693. The van der Waals surface area contributed by atoms with Crippen molar-refractivity contribution in [3.8, 4) is 22.6 Å². The Balaban J connectivity index is 2.71.